The van der Waals surface area contributed by atoms with Gasteiger partial charge in [-0.3, -0.25) is 14.4 Å². The zero-order valence-corrected chi connectivity index (χ0v) is 15.0. The number of amides is 2. The van der Waals surface area contributed by atoms with Crippen LogP contribution in [-0.4, -0.2) is 47.7 Å². The summed E-state index contributed by atoms with van der Waals surface area (Å²) in [6.07, 6.45) is 7.01. The molecule has 1 unspecified atom stereocenters. The lowest BCUT2D eigenvalue weighted by Crippen LogP contribution is -2.57. The minimum absolute atomic E-state index is 0.103. The van der Waals surface area contributed by atoms with Crippen molar-refractivity contribution < 1.29 is 24.2 Å². The SMILES string of the molecule is CC(NC(=O)CC1CCCCC1)C(=O)NC1(CC(=O)O)CCOCC1. The van der Waals surface area contributed by atoms with Gasteiger partial charge in [0.25, 0.3) is 0 Å². The normalized spacial score (nSPS) is 22.0. The number of carboxylic acids is 1. The molecule has 0 aromatic heterocycles. The summed E-state index contributed by atoms with van der Waals surface area (Å²) >= 11 is 0. The standard InChI is InChI=1S/C18H30N2O5/c1-13(19-15(21)11-14-5-3-2-4-6-14)17(24)20-18(12-16(22)23)7-9-25-10-8-18/h13-14H,2-12H2,1H3,(H,19,21)(H,20,24)(H,22,23). The molecule has 1 atom stereocenters. The minimum atomic E-state index is -0.948. The molecule has 1 aliphatic heterocycles. The monoisotopic (exact) mass is 354 g/mol. The summed E-state index contributed by atoms with van der Waals surface area (Å²) < 4.78 is 5.28. The number of carbonyl (C=O) groups excluding carboxylic acids is 2. The van der Waals surface area contributed by atoms with Gasteiger partial charge >= 0.3 is 5.97 Å². The third-order valence-corrected chi connectivity index (χ3v) is 5.30. The highest BCUT2D eigenvalue weighted by molar-refractivity contribution is 5.88. The zero-order valence-electron chi connectivity index (χ0n) is 15.0. The summed E-state index contributed by atoms with van der Waals surface area (Å²) in [7, 11) is 0. The Morgan fingerprint density at radius 2 is 1.80 bits per heavy atom. The first-order valence-electron chi connectivity index (χ1n) is 9.31. The van der Waals surface area contributed by atoms with Gasteiger partial charge in [0.05, 0.1) is 12.0 Å². The summed E-state index contributed by atoms with van der Waals surface area (Å²) in [5.74, 6) is -0.969. The van der Waals surface area contributed by atoms with Crippen LogP contribution in [0.1, 0.15) is 64.7 Å². The van der Waals surface area contributed by atoms with Crippen molar-refractivity contribution in [3.05, 3.63) is 0 Å². The zero-order chi connectivity index (χ0) is 18.3. The first kappa shape index (κ1) is 19.7. The van der Waals surface area contributed by atoms with Crippen LogP contribution in [0.3, 0.4) is 0 Å². The highest BCUT2D eigenvalue weighted by atomic mass is 16.5. The molecule has 1 heterocycles. The van der Waals surface area contributed by atoms with Crippen molar-refractivity contribution in [1.29, 1.82) is 0 Å². The van der Waals surface area contributed by atoms with Gasteiger partial charge in [-0.2, -0.15) is 0 Å². The van der Waals surface area contributed by atoms with Gasteiger partial charge in [0.15, 0.2) is 0 Å². The van der Waals surface area contributed by atoms with Crippen molar-refractivity contribution >= 4 is 17.8 Å². The molecule has 0 aromatic rings. The molecule has 25 heavy (non-hydrogen) atoms. The predicted octanol–water partition coefficient (Wildman–Crippen LogP) is 1.60. The van der Waals surface area contributed by atoms with Crippen LogP contribution in [0.5, 0.6) is 0 Å². The molecule has 2 fully saturated rings. The Kier molecular flexibility index (Phi) is 7.23. The van der Waals surface area contributed by atoms with E-state index in [4.69, 9.17) is 9.84 Å². The molecule has 2 rings (SSSR count). The highest BCUT2D eigenvalue weighted by Gasteiger charge is 2.37. The summed E-state index contributed by atoms with van der Waals surface area (Å²) in [5.41, 5.74) is -0.788. The van der Waals surface area contributed by atoms with Crippen molar-refractivity contribution in [3.63, 3.8) is 0 Å². The number of carboxylic acid groups (broad SMARTS) is 1. The van der Waals surface area contributed by atoms with E-state index in [0.717, 1.165) is 12.8 Å². The maximum atomic E-state index is 12.5. The molecule has 1 saturated carbocycles. The Morgan fingerprint density at radius 1 is 1.16 bits per heavy atom. The van der Waals surface area contributed by atoms with Gasteiger partial charge < -0.3 is 20.5 Å². The van der Waals surface area contributed by atoms with Gasteiger partial charge in [-0.05, 0) is 38.5 Å². The second kappa shape index (κ2) is 9.17. The molecule has 7 heteroatoms. The summed E-state index contributed by atoms with van der Waals surface area (Å²) in [6.45, 7) is 2.49. The number of ether oxygens (including phenoxy) is 1. The average molecular weight is 354 g/mol. The van der Waals surface area contributed by atoms with Crippen LogP contribution in [-0.2, 0) is 19.1 Å². The average Bonchev–Trinajstić information content (AvgIpc) is 2.55. The van der Waals surface area contributed by atoms with Gasteiger partial charge in [0.2, 0.25) is 11.8 Å². The fraction of sp³-hybridized carbons (Fsp3) is 0.833. The first-order chi connectivity index (χ1) is 11.9. The van der Waals surface area contributed by atoms with E-state index in [0.29, 0.717) is 38.4 Å². The summed E-state index contributed by atoms with van der Waals surface area (Å²) in [5, 5.41) is 14.8. The van der Waals surface area contributed by atoms with Crippen molar-refractivity contribution in [2.45, 2.75) is 76.3 Å². The molecule has 0 aromatic carbocycles. The molecule has 0 spiro atoms. The van der Waals surface area contributed by atoms with Crippen molar-refractivity contribution in [3.8, 4) is 0 Å². The van der Waals surface area contributed by atoms with Gasteiger partial charge in [0, 0.05) is 19.6 Å². The van der Waals surface area contributed by atoms with Crippen LogP contribution in [0.25, 0.3) is 0 Å². The van der Waals surface area contributed by atoms with E-state index in [9.17, 15) is 14.4 Å². The molecule has 2 amide bonds. The van der Waals surface area contributed by atoms with E-state index in [1.807, 2.05) is 0 Å². The second-order valence-electron chi connectivity index (χ2n) is 7.45. The molecule has 3 N–H and O–H groups in total. The number of aliphatic carboxylic acids is 1. The smallest absolute Gasteiger partial charge is 0.305 e. The highest BCUT2D eigenvalue weighted by Crippen LogP contribution is 2.26. The molecular weight excluding hydrogens is 324 g/mol. The molecule has 142 valence electrons. The topological polar surface area (TPSA) is 105 Å². The molecule has 1 saturated heterocycles. The third-order valence-electron chi connectivity index (χ3n) is 5.30. The van der Waals surface area contributed by atoms with Crippen molar-refractivity contribution in [2.24, 2.45) is 5.92 Å². The Hall–Kier alpha value is -1.63. The van der Waals surface area contributed by atoms with E-state index in [1.54, 1.807) is 6.92 Å². The Morgan fingerprint density at radius 3 is 2.40 bits per heavy atom. The molecule has 7 nitrogen and oxygen atoms in total. The third kappa shape index (κ3) is 6.30. The van der Waals surface area contributed by atoms with Crippen LogP contribution in [0.15, 0.2) is 0 Å². The fourth-order valence-corrected chi connectivity index (χ4v) is 3.79. The van der Waals surface area contributed by atoms with E-state index in [1.165, 1.54) is 19.3 Å². The number of nitrogens with one attached hydrogen (secondary N) is 2. The van der Waals surface area contributed by atoms with Crippen LogP contribution in [0, 0.1) is 5.92 Å². The predicted molar refractivity (Wildman–Crippen MR) is 92.0 cm³/mol. The van der Waals surface area contributed by atoms with E-state index < -0.39 is 17.6 Å². The quantitative estimate of drug-likeness (QED) is 0.644. The van der Waals surface area contributed by atoms with E-state index in [-0.39, 0.29) is 18.2 Å². The lowest BCUT2D eigenvalue weighted by molar-refractivity contribution is -0.141. The van der Waals surface area contributed by atoms with Crippen molar-refractivity contribution in [1.82, 2.24) is 10.6 Å². The lowest BCUT2D eigenvalue weighted by Gasteiger charge is -2.37. The molecular formula is C18H30N2O5. The molecule has 0 bridgehead atoms. The number of hydrogen-bond acceptors (Lipinski definition) is 4. The van der Waals surface area contributed by atoms with Gasteiger partial charge in [0.1, 0.15) is 6.04 Å². The van der Waals surface area contributed by atoms with Crippen LogP contribution >= 0.6 is 0 Å². The van der Waals surface area contributed by atoms with Crippen LogP contribution in [0.4, 0.5) is 0 Å². The maximum absolute atomic E-state index is 12.5. The van der Waals surface area contributed by atoms with Crippen LogP contribution in [0.2, 0.25) is 0 Å². The van der Waals surface area contributed by atoms with E-state index >= 15 is 0 Å². The van der Waals surface area contributed by atoms with E-state index in [2.05, 4.69) is 10.6 Å². The summed E-state index contributed by atoms with van der Waals surface area (Å²) in [4.78, 5) is 35.8. The van der Waals surface area contributed by atoms with Crippen molar-refractivity contribution in [2.75, 3.05) is 13.2 Å². The largest absolute Gasteiger partial charge is 0.481 e. The number of carbonyl (C=O) groups is 3. The molecule has 1 aliphatic carbocycles. The maximum Gasteiger partial charge on any atom is 0.305 e. The number of rotatable bonds is 7. The van der Waals surface area contributed by atoms with Gasteiger partial charge in [-0.25, -0.2) is 0 Å². The Balaban J connectivity index is 1.84. The lowest BCUT2D eigenvalue weighted by atomic mass is 9.86. The number of hydrogen-bond donors (Lipinski definition) is 3. The fourth-order valence-electron chi connectivity index (χ4n) is 3.79. The minimum Gasteiger partial charge on any atom is -0.481 e. The molecule has 2 aliphatic rings. The van der Waals surface area contributed by atoms with Gasteiger partial charge in [-0.15, -0.1) is 0 Å². The summed E-state index contributed by atoms with van der Waals surface area (Å²) in [6, 6.07) is -0.676. The second-order valence-corrected chi connectivity index (χ2v) is 7.45. The Labute approximate surface area is 148 Å². The Bertz CT molecular complexity index is 482. The van der Waals surface area contributed by atoms with Crippen LogP contribution < -0.4 is 10.6 Å². The molecule has 0 radical (unpaired) electrons. The first-order valence-corrected chi connectivity index (χ1v) is 9.31. The van der Waals surface area contributed by atoms with Gasteiger partial charge in [-0.1, -0.05) is 19.3 Å².